The summed E-state index contributed by atoms with van der Waals surface area (Å²) < 4.78 is 4.84. The van der Waals surface area contributed by atoms with Crippen LogP contribution in [0.15, 0.2) is 4.52 Å². The Labute approximate surface area is 93.6 Å². The van der Waals surface area contributed by atoms with Crippen molar-refractivity contribution in [3.8, 4) is 0 Å². The predicted molar refractivity (Wildman–Crippen MR) is 59.8 cm³/mol. The minimum Gasteiger partial charge on any atom is -0.396 e. The molecule has 0 unspecified atom stereocenters. The van der Waals surface area contributed by atoms with Crippen LogP contribution in [0.4, 0.5) is 0 Å². The Bertz CT molecular complexity index is 268. The molecule has 5 nitrogen and oxygen atoms in total. The number of aliphatic hydroxyl groups is 1. The number of nitrogens with one attached hydrogen (secondary N) is 1. The summed E-state index contributed by atoms with van der Waals surface area (Å²) in [6, 6.07) is 0. The Morgan fingerprint density at radius 3 is 3.00 bits per heavy atom. The van der Waals surface area contributed by atoms with E-state index in [1.807, 2.05) is 11.8 Å². The molecule has 0 saturated carbocycles. The van der Waals surface area contributed by atoms with Gasteiger partial charge in [0.1, 0.15) is 0 Å². The average Bonchev–Trinajstić information content (AvgIpc) is 2.63. The Morgan fingerprint density at radius 2 is 2.33 bits per heavy atom. The Hall–Kier alpha value is -0.590. The maximum Gasteiger partial charge on any atom is 0.223 e. The highest BCUT2D eigenvalue weighted by molar-refractivity contribution is 7.99. The van der Waals surface area contributed by atoms with Crippen molar-refractivity contribution in [2.24, 2.45) is 0 Å². The maximum absolute atomic E-state index is 8.56. The number of aryl methyl sites for hydroxylation is 1. The predicted octanol–water partition coefficient (Wildman–Crippen LogP) is 0.583. The van der Waals surface area contributed by atoms with E-state index in [1.54, 1.807) is 6.92 Å². The highest BCUT2D eigenvalue weighted by Crippen LogP contribution is 2.00. The summed E-state index contributed by atoms with van der Waals surface area (Å²) in [5.74, 6) is 3.35. The summed E-state index contributed by atoms with van der Waals surface area (Å²) in [5.41, 5.74) is 0. The number of hydrogen-bond donors (Lipinski definition) is 2. The summed E-state index contributed by atoms with van der Waals surface area (Å²) in [6.45, 7) is 3.63. The number of thioether (sulfide) groups is 1. The van der Waals surface area contributed by atoms with Gasteiger partial charge in [0.2, 0.25) is 5.89 Å². The summed E-state index contributed by atoms with van der Waals surface area (Å²) in [6.07, 6.45) is 0.870. The van der Waals surface area contributed by atoms with Crippen LogP contribution in [0, 0.1) is 6.92 Å². The van der Waals surface area contributed by atoms with Crippen LogP contribution < -0.4 is 5.32 Å². The van der Waals surface area contributed by atoms with Gasteiger partial charge in [-0.1, -0.05) is 5.16 Å². The molecule has 0 fully saturated rings. The summed E-state index contributed by atoms with van der Waals surface area (Å²) >= 11 is 1.83. The lowest BCUT2D eigenvalue weighted by molar-refractivity contribution is 0.296. The second-order valence-electron chi connectivity index (χ2n) is 3.10. The van der Waals surface area contributed by atoms with Crippen LogP contribution >= 0.6 is 11.8 Å². The smallest absolute Gasteiger partial charge is 0.223 e. The van der Waals surface area contributed by atoms with Gasteiger partial charge in [-0.2, -0.15) is 16.7 Å². The Kier molecular flexibility index (Phi) is 6.38. The minimum atomic E-state index is 0.280. The zero-order chi connectivity index (χ0) is 10.9. The van der Waals surface area contributed by atoms with Crippen LogP contribution in [-0.4, -0.2) is 39.9 Å². The van der Waals surface area contributed by atoms with Crippen LogP contribution in [0.5, 0.6) is 0 Å². The lowest BCUT2D eigenvalue weighted by Crippen LogP contribution is -2.17. The zero-order valence-electron chi connectivity index (χ0n) is 8.90. The van der Waals surface area contributed by atoms with Crippen molar-refractivity contribution in [1.82, 2.24) is 15.5 Å². The van der Waals surface area contributed by atoms with Crippen LogP contribution in [0.2, 0.25) is 0 Å². The van der Waals surface area contributed by atoms with Gasteiger partial charge in [-0.25, -0.2) is 0 Å². The second-order valence-corrected chi connectivity index (χ2v) is 4.32. The fraction of sp³-hybridized carbons (Fsp3) is 0.778. The molecule has 1 aromatic heterocycles. The molecule has 0 spiro atoms. The normalized spacial score (nSPS) is 10.8. The van der Waals surface area contributed by atoms with E-state index >= 15 is 0 Å². The molecule has 15 heavy (non-hydrogen) atoms. The monoisotopic (exact) mass is 231 g/mol. The molecule has 0 aromatic carbocycles. The highest BCUT2D eigenvalue weighted by Gasteiger charge is 2.00. The standard InChI is InChI=1S/C9H17N3O2S/c1-8-11-9(12-14-8)7-10-3-6-15-5-2-4-13/h10,13H,2-7H2,1H3. The van der Waals surface area contributed by atoms with Gasteiger partial charge in [0, 0.05) is 25.8 Å². The van der Waals surface area contributed by atoms with Crippen molar-refractivity contribution in [1.29, 1.82) is 0 Å². The molecular formula is C9H17N3O2S. The Morgan fingerprint density at radius 1 is 1.47 bits per heavy atom. The van der Waals surface area contributed by atoms with Gasteiger partial charge in [0.25, 0.3) is 0 Å². The van der Waals surface area contributed by atoms with E-state index in [-0.39, 0.29) is 6.61 Å². The van der Waals surface area contributed by atoms with Gasteiger partial charge >= 0.3 is 0 Å². The molecule has 1 aromatic rings. The van der Waals surface area contributed by atoms with Crippen LogP contribution in [-0.2, 0) is 6.54 Å². The molecule has 0 bridgehead atoms. The van der Waals surface area contributed by atoms with Crippen LogP contribution in [0.25, 0.3) is 0 Å². The molecule has 0 saturated heterocycles. The zero-order valence-corrected chi connectivity index (χ0v) is 9.72. The van der Waals surface area contributed by atoms with Crippen molar-refractivity contribution in [2.75, 3.05) is 24.7 Å². The van der Waals surface area contributed by atoms with Crippen molar-refractivity contribution in [3.63, 3.8) is 0 Å². The lowest BCUT2D eigenvalue weighted by Gasteiger charge is -2.01. The van der Waals surface area contributed by atoms with Gasteiger partial charge < -0.3 is 14.9 Å². The molecular weight excluding hydrogens is 214 g/mol. The third kappa shape index (κ3) is 5.76. The quantitative estimate of drug-likeness (QED) is 0.638. The van der Waals surface area contributed by atoms with Crippen molar-refractivity contribution >= 4 is 11.8 Å². The number of nitrogens with zero attached hydrogens (tertiary/aromatic N) is 2. The van der Waals surface area contributed by atoms with E-state index < -0.39 is 0 Å². The van der Waals surface area contributed by atoms with Crippen LogP contribution in [0.1, 0.15) is 18.1 Å². The van der Waals surface area contributed by atoms with E-state index in [0.29, 0.717) is 18.3 Å². The third-order valence-corrected chi connectivity index (χ3v) is 2.79. The molecule has 1 rings (SSSR count). The first-order chi connectivity index (χ1) is 7.33. The highest BCUT2D eigenvalue weighted by atomic mass is 32.2. The van der Waals surface area contributed by atoms with Crippen molar-refractivity contribution in [3.05, 3.63) is 11.7 Å². The first-order valence-electron chi connectivity index (χ1n) is 5.01. The minimum absolute atomic E-state index is 0.280. The number of hydrogen-bond acceptors (Lipinski definition) is 6. The molecule has 86 valence electrons. The third-order valence-electron chi connectivity index (χ3n) is 1.72. The molecule has 6 heteroatoms. The van der Waals surface area contributed by atoms with Gasteiger partial charge in [0.05, 0.1) is 6.54 Å². The van der Waals surface area contributed by atoms with E-state index in [2.05, 4.69) is 15.5 Å². The van der Waals surface area contributed by atoms with E-state index in [4.69, 9.17) is 9.63 Å². The summed E-state index contributed by atoms with van der Waals surface area (Å²) in [4.78, 5) is 4.08. The lowest BCUT2D eigenvalue weighted by atomic mass is 10.5. The molecule has 0 aliphatic rings. The molecule has 0 aliphatic heterocycles. The van der Waals surface area contributed by atoms with Gasteiger partial charge in [-0.3, -0.25) is 0 Å². The average molecular weight is 231 g/mol. The fourth-order valence-electron chi connectivity index (χ4n) is 1.03. The second kappa shape index (κ2) is 7.67. The molecule has 0 radical (unpaired) electrons. The van der Waals surface area contributed by atoms with Gasteiger partial charge in [0.15, 0.2) is 5.82 Å². The molecule has 0 aliphatic carbocycles. The summed E-state index contributed by atoms with van der Waals surface area (Å²) in [7, 11) is 0. The fourth-order valence-corrected chi connectivity index (χ4v) is 1.85. The number of aromatic nitrogens is 2. The van der Waals surface area contributed by atoms with E-state index in [0.717, 1.165) is 24.5 Å². The SMILES string of the molecule is Cc1nc(CNCCSCCCO)no1. The Balaban J connectivity index is 1.93. The molecule has 2 N–H and O–H groups in total. The number of rotatable bonds is 8. The van der Waals surface area contributed by atoms with Gasteiger partial charge in [-0.15, -0.1) is 0 Å². The van der Waals surface area contributed by atoms with E-state index in [1.165, 1.54) is 0 Å². The largest absolute Gasteiger partial charge is 0.396 e. The molecule has 1 heterocycles. The topological polar surface area (TPSA) is 71.2 Å². The molecule has 0 amide bonds. The molecule has 0 atom stereocenters. The van der Waals surface area contributed by atoms with Crippen molar-refractivity contribution < 1.29 is 9.63 Å². The van der Waals surface area contributed by atoms with Gasteiger partial charge in [-0.05, 0) is 12.2 Å². The summed E-state index contributed by atoms with van der Waals surface area (Å²) in [5, 5.41) is 15.6. The van der Waals surface area contributed by atoms with E-state index in [9.17, 15) is 0 Å². The van der Waals surface area contributed by atoms with Crippen molar-refractivity contribution in [2.45, 2.75) is 19.9 Å². The van der Waals surface area contributed by atoms with Crippen LogP contribution in [0.3, 0.4) is 0 Å². The first-order valence-corrected chi connectivity index (χ1v) is 6.17. The first kappa shape index (κ1) is 12.5. The number of aliphatic hydroxyl groups excluding tert-OH is 1. The maximum atomic E-state index is 8.56.